The number of piperidine rings is 1. The molecule has 7 heteroatoms. The molecular formula is C21H23N3O4. The van der Waals surface area contributed by atoms with Gasteiger partial charge in [0.1, 0.15) is 5.76 Å². The molecule has 0 radical (unpaired) electrons. The van der Waals surface area contributed by atoms with Gasteiger partial charge in [0.2, 0.25) is 0 Å². The van der Waals surface area contributed by atoms with Crippen LogP contribution >= 0.6 is 0 Å². The molecule has 1 fully saturated rings. The molecule has 2 aliphatic rings. The van der Waals surface area contributed by atoms with E-state index < -0.39 is 0 Å². The monoisotopic (exact) mass is 381 g/mol. The van der Waals surface area contributed by atoms with Gasteiger partial charge in [0, 0.05) is 19.2 Å². The number of carbonyl (C=O) groups excluding carboxylic acids is 3. The van der Waals surface area contributed by atoms with Crippen molar-refractivity contribution in [3.05, 3.63) is 59.0 Å². The van der Waals surface area contributed by atoms with E-state index in [2.05, 4.69) is 10.2 Å². The van der Waals surface area contributed by atoms with Gasteiger partial charge >= 0.3 is 0 Å². The third kappa shape index (κ3) is 3.33. The van der Waals surface area contributed by atoms with E-state index in [0.29, 0.717) is 17.7 Å². The lowest BCUT2D eigenvalue weighted by Gasteiger charge is -2.33. The SMILES string of the molecule is CN1C(=O)c2ccc(C(=O)NC[C@@H](c3ccco3)N3CCCCC3)cc2C1=O. The quantitative estimate of drug-likeness (QED) is 0.805. The van der Waals surface area contributed by atoms with Crippen molar-refractivity contribution < 1.29 is 18.8 Å². The number of amides is 3. The van der Waals surface area contributed by atoms with E-state index in [-0.39, 0.29) is 29.3 Å². The molecule has 3 amide bonds. The van der Waals surface area contributed by atoms with E-state index in [1.807, 2.05) is 12.1 Å². The minimum atomic E-state index is -0.378. The maximum Gasteiger partial charge on any atom is 0.261 e. The van der Waals surface area contributed by atoms with Crippen molar-refractivity contribution in [2.45, 2.75) is 25.3 Å². The van der Waals surface area contributed by atoms with Crippen molar-refractivity contribution in [2.75, 3.05) is 26.7 Å². The Bertz CT molecular complexity index is 900. The van der Waals surface area contributed by atoms with Crippen LogP contribution in [0.25, 0.3) is 0 Å². The van der Waals surface area contributed by atoms with Crippen LogP contribution in [0.3, 0.4) is 0 Å². The highest BCUT2D eigenvalue weighted by atomic mass is 16.3. The number of fused-ring (bicyclic) bond motifs is 1. The molecule has 1 N–H and O–H groups in total. The Kier molecular flexibility index (Phi) is 5.00. The lowest BCUT2D eigenvalue weighted by Crippen LogP contribution is -2.40. The summed E-state index contributed by atoms with van der Waals surface area (Å²) in [4.78, 5) is 40.3. The number of likely N-dealkylation sites (tertiary alicyclic amines) is 1. The average molecular weight is 381 g/mol. The average Bonchev–Trinajstić information content (AvgIpc) is 3.33. The topological polar surface area (TPSA) is 82.9 Å². The zero-order chi connectivity index (χ0) is 19.7. The van der Waals surface area contributed by atoms with Crippen molar-refractivity contribution in [3.8, 4) is 0 Å². The van der Waals surface area contributed by atoms with Gasteiger partial charge in [-0.1, -0.05) is 6.42 Å². The maximum atomic E-state index is 12.7. The highest BCUT2D eigenvalue weighted by molar-refractivity contribution is 6.21. The Hall–Kier alpha value is -2.93. The van der Waals surface area contributed by atoms with E-state index in [1.165, 1.54) is 19.5 Å². The summed E-state index contributed by atoms with van der Waals surface area (Å²) in [5, 5.41) is 2.96. The molecule has 1 aromatic carbocycles. The number of nitrogens with zero attached hydrogens (tertiary/aromatic N) is 2. The third-order valence-electron chi connectivity index (χ3n) is 5.51. The minimum Gasteiger partial charge on any atom is -0.468 e. The molecule has 0 bridgehead atoms. The van der Waals surface area contributed by atoms with Crippen LogP contribution in [0.2, 0.25) is 0 Å². The van der Waals surface area contributed by atoms with Gasteiger partial charge in [0.15, 0.2) is 0 Å². The fourth-order valence-electron chi connectivity index (χ4n) is 3.91. The molecule has 7 nitrogen and oxygen atoms in total. The summed E-state index contributed by atoms with van der Waals surface area (Å²) < 4.78 is 5.60. The molecule has 3 heterocycles. The number of nitrogens with one attached hydrogen (secondary N) is 1. The van der Waals surface area contributed by atoms with Crippen LogP contribution in [0, 0.1) is 0 Å². The number of furan rings is 1. The van der Waals surface area contributed by atoms with Crippen LogP contribution < -0.4 is 5.32 Å². The Morgan fingerprint density at radius 3 is 2.57 bits per heavy atom. The Labute approximate surface area is 163 Å². The van der Waals surface area contributed by atoms with Gasteiger partial charge in [-0.25, -0.2) is 0 Å². The molecule has 4 rings (SSSR count). The molecule has 0 unspecified atom stereocenters. The highest BCUT2D eigenvalue weighted by Crippen LogP contribution is 2.25. The summed E-state index contributed by atoms with van der Waals surface area (Å²) in [6.07, 6.45) is 5.15. The second kappa shape index (κ2) is 7.59. The van der Waals surface area contributed by atoms with Crippen molar-refractivity contribution >= 4 is 17.7 Å². The first kappa shape index (κ1) is 18.4. The van der Waals surface area contributed by atoms with Crippen LogP contribution in [-0.4, -0.2) is 54.2 Å². The van der Waals surface area contributed by atoms with Crippen LogP contribution in [0.4, 0.5) is 0 Å². The second-order valence-electron chi connectivity index (χ2n) is 7.27. The molecule has 1 aromatic heterocycles. The fraction of sp³-hybridized carbons (Fsp3) is 0.381. The second-order valence-corrected chi connectivity index (χ2v) is 7.27. The lowest BCUT2D eigenvalue weighted by atomic mass is 10.0. The number of rotatable bonds is 5. The molecular weight excluding hydrogens is 358 g/mol. The van der Waals surface area contributed by atoms with Crippen LogP contribution in [0.1, 0.15) is 62.1 Å². The highest BCUT2D eigenvalue weighted by Gasteiger charge is 2.33. The van der Waals surface area contributed by atoms with E-state index in [1.54, 1.807) is 18.4 Å². The van der Waals surface area contributed by atoms with E-state index in [0.717, 1.165) is 36.6 Å². The van der Waals surface area contributed by atoms with Crippen molar-refractivity contribution in [1.82, 2.24) is 15.1 Å². The van der Waals surface area contributed by atoms with Gasteiger partial charge in [-0.3, -0.25) is 24.2 Å². The van der Waals surface area contributed by atoms with Gasteiger partial charge in [0.25, 0.3) is 17.7 Å². The number of carbonyl (C=O) groups is 3. The zero-order valence-electron chi connectivity index (χ0n) is 15.8. The Balaban J connectivity index is 1.49. The first-order chi connectivity index (χ1) is 13.6. The van der Waals surface area contributed by atoms with Gasteiger partial charge in [-0.15, -0.1) is 0 Å². The van der Waals surface area contributed by atoms with Crippen molar-refractivity contribution in [2.24, 2.45) is 0 Å². The predicted molar refractivity (Wildman–Crippen MR) is 102 cm³/mol. The third-order valence-corrected chi connectivity index (χ3v) is 5.51. The number of imide groups is 1. The lowest BCUT2D eigenvalue weighted by molar-refractivity contribution is 0.0693. The van der Waals surface area contributed by atoms with Gasteiger partial charge < -0.3 is 9.73 Å². The maximum absolute atomic E-state index is 12.7. The Morgan fingerprint density at radius 2 is 1.86 bits per heavy atom. The van der Waals surface area contributed by atoms with Crippen molar-refractivity contribution in [1.29, 1.82) is 0 Å². The summed E-state index contributed by atoms with van der Waals surface area (Å²) in [6.45, 7) is 2.36. The largest absolute Gasteiger partial charge is 0.468 e. The number of benzene rings is 1. The molecule has 2 aromatic rings. The van der Waals surface area contributed by atoms with Crippen molar-refractivity contribution in [3.63, 3.8) is 0 Å². The van der Waals surface area contributed by atoms with E-state index >= 15 is 0 Å². The Morgan fingerprint density at radius 1 is 1.11 bits per heavy atom. The summed E-state index contributed by atoms with van der Waals surface area (Å²) in [5.74, 6) is -0.156. The fourth-order valence-corrected chi connectivity index (χ4v) is 3.91. The van der Waals surface area contributed by atoms with Gasteiger partial charge in [0.05, 0.1) is 23.4 Å². The summed E-state index contributed by atoms with van der Waals surface area (Å²) >= 11 is 0. The smallest absolute Gasteiger partial charge is 0.261 e. The number of hydrogen-bond donors (Lipinski definition) is 1. The molecule has 1 atom stereocenters. The minimum absolute atomic E-state index is 0.0250. The predicted octanol–water partition coefficient (Wildman–Crippen LogP) is 2.46. The molecule has 2 aliphatic heterocycles. The molecule has 1 saturated heterocycles. The molecule has 146 valence electrons. The first-order valence-corrected chi connectivity index (χ1v) is 9.58. The molecule has 0 saturated carbocycles. The summed E-state index contributed by atoms with van der Waals surface area (Å²) in [7, 11) is 1.44. The molecule has 28 heavy (non-hydrogen) atoms. The summed E-state index contributed by atoms with van der Waals surface area (Å²) in [5.41, 5.74) is 0.983. The van der Waals surface area contributed by atoms with Crippen LogP contribution in [0.5, 0.6) is 0 Å². The zero-order valence-corrected chi connectivity index (χ0v) is 15.8. The first-order valence-electron chi connectivity index (χ1n) is 9.58. The number of hydrogen-bond acceptors (Lipinski definition) is 5. The van der Waals surface area contributed by atoms with Crippen LogP contribution in [0.15, 0.2) is 41.0 Å². The summed E-state index contributed by atoms with van der Waals surface area (Å²) in [6, 6.07) is 8.39. The molecule has 0 spiro atoms. The standard InChI is InChI=1S/C21H23N3O4/c1-23-20(26)15-8-7-14(12-16(15)21(23)27)19(25)22-13-17(18-6-5-11-28-18)24-9-3-2-4-10-24/h5-8,11-12,17H,2-4,9-10,13H2,1H3,(H,22,25)/t17-/m0/s1. The van der Waals surface area contributed by atoms with Gasteiger partial charge in [-0.2, -0.15) is 0 Å². The van der Waals surface area contributed by atoms with E-state index in [9.17, 15) is 14.4 Å². The van der Waals surface area contributed by atoms with Crippen LogP contribution in [-0.2, 0) is 0 Å². The van der Waals surface area contributed by atoms with Gasteiger partial charge in [-0.05, 0) is 56.3 Å². The normalized spacial score (nSPS) is 18.2. The molecule has 0 aliphatic carbocycles. The van der Waals surface area contributed by atoms with E-state index in [4.69, 9.17) is 4.42 Å².